The summed E-state index contributed by atoms with van der Waals surface area (Å²) in [5.74, 6) is 0.670. The third-order valence-electron chi connectivity index (χ3n) is 5.71. The van der Waals surface area contributed by atoms with Crippen molar-refractivity contribution in [3.8, 4) is 22.6 Å². The van der Waals surface area contributed by atoms with Gasteiger partial charge in [-0.2, -0.15) is 5.10 Å². The van der Waals surface area contributed by atoms with Gasteiger partial charge >= 0.3 is 5.69 Å². The van der Waals surface area contributed by atoms with Crippen LogP contribution in [0.1, 0.15) is 5.69 Å². The van der Waals surface area contributed by atoms with Crippen molar-refractivity contribution in [1.82, 2.24) is 28.9 Å². The van der Waals surface area contributed by atoms with E-state index in [1.807, 2.05) is 44.4 Å². The Morgan fingerprint density at radius 3 is 2.64 bits per heavy atom. The molecule has 9 heteroatoms. The number of fused-ring (bicyclic) bond motifs is 3. The summed E-state index contributed by atoms with van der Waals surface area (Å²) in [7, 11) is 5.24. The van der Waals surface area contributed by atoms with Crippen molar-refractivity contribution in [2.45, 2.75) is 6.92 Å². The van der Waals surface area contributed by atoms with Gasteiger partial charge < -0.3 is 9.47 Å². The first-order valence-corrected chi connectivity index (χ1v) is 10.6. The van der Waals surface area contributed by atoms with Gasteiger partial charge in [0.2, 0.25) is 0 Å². The molecule has 0 spiro atoms. The van der Waals surface area contributed by atoms with Gasteiger partial charge in [-0.3, -0.25) is 23.8 Å². The van der Waals surface area contributed by atoms with Gasteiger partial charge in [0, 0.05) is 44.5 Å². The summed E-state index contributed by atoms with van der Waals surface area (Å²) in [4.78, 5) is 22.2. The minimum absolute atomic E-state index is 0.143. The summed E-state index contributed by atoms with van der Waals surface area (Å²) in [6.07, 6.45) is 7.07. The molecule has 0 radical (unpaired) electrons. The maximum absolute atomic E-state index is 13.2. The highest BCUT2D eigenvalue weighted by atomic mass is 16.5. The molecule has 5 rings (SSSR count). The van der Waals surface area contributed by atoms with E-state index in [0.29, 0.717) is 19.0 Å². The molecule has 0 bridgehead atoms. The van der Waals surface area contributed by atoms with Crippen LogP contribution in [0.4, 0.5) is 0 Å². The molecular weight excluding hydrogens is 420 g/mol. The number of rotatable bonds is 6. The fraction of sp³-hybridized carbons (Fsp3) is 0.250. The third kappa shape index (κ3) is 3.56. The predicted molar refractivity (Wildman–Crippen MR) is 126 cm³/mol. The molecule has 0 aliphatic carbocycles. The van der Waals surface area contributed by atoms with Crippen LogP contribution in [-0.2, 0) is 18.8 Å². The molecule has 0 saturated carbocycles. The summed E-state index contributed by atoms with van der Waals surface area (Å²) in [6.45, 7) is 2.85. The van der Waals surface area contributed by atoms with Gasteiger partial charge in [-0.1, -0.05) is 6.07 Å². The van der Waals surface area contributed by atoms with Crippen LogP contribution >= 0.6 is 0 Å². The smallest absolute Gasteiger partial charge is 0.333 e. The van der Waals surface area contributed by atoms with Crippen molar-refractivity contribution in [3.05, 3.63) is 65.2 Å². The molecule has 5 aromatic rings. The lowest BCUT2D eigenvalue weighted by atomic mass is 10.0. The first-order chi connectivity index (χ1) is 16.0. The molecule has 0 aliphatic rings. The molecule has 0 atom stereocenters. The average molecular weight is 444 g/mol. The van der Waals surface area contributed by atoms with Gasteiger partial charge in [0.15, 0.2) is 0 Å². The van der Waals surface area contributed by atoms with E-state index in [9.17, 15) is 4.79 Å². The largest absolute Gasteiger partial charge is 0.490 e. The lowest BCUT2D eigenvalue weighted by Gasteiger charge is -2.09. The normalized spacial score (nSPS) is 11.5. The summed E-state index contributed by atoms with van der Waals surface area (Å²) in [5.41, 5.74) is 5.59. The molecule has 1 aromatic carbocycles. The standard InChI is InChI=1S/C24H24N6O3/c1-15-22(14-28(2)27-15)30-23-19-10-16(17-9-18(12-25-11-17)33-8-7-32-4)5-6-20(19)26-13-21(23)29(3)24(30)31/h5-6,9-14H,7-8H2,1-4H3. The van der Waals surface area contributed by atoms with E-state index in [1.54, 1.807) is 46.6 Å². The van der Waals surface area contributed by atoms with Crippen LogP contribution < -0.4 is 10.4 Å². The van der Waals surface area contributed by atoms with Crippen LogP contribution in [0.25, 0.3) is 38.8 Å². The topological polar surface area (TPSA) is 89.0 Å². The maximum Gasteiger partial charge on any atom is 0.333 e. The third-order valence-corrected chi connectivity index (χ3v) is 5.71. The number of pyridine rings is 2. The lowest BCUT2D eigenvalue weighted by molar-refractivity contribution is 0.146. The lowest BCUT2D eigenvalue weighted by Crippen LogP contribution is -2.21. The van der Waals surface area contributed by atoms with Crippen LogP contribution in [-0.4, -0.2) is 49.2 Å². The monoisotopic (exact) mass is 444 g/mol. The molecule has 0 amide bonds. The van der Waals surface area contributed by atoms with Crippen LogP contribution in [0.15, 0.2) is 53.8 Å². The molecule has 33 heavy (non-hydrogen) atoms. The van der Waals surface area contributed by atoms with Crippen molar-refractivity contribution in [1.29, 1.82) is 0 Å². The SMILES string of the molecule is COCCOc1cncc(-c2ccc3ncc4c(c3c2)n(-c2cn(C)nc2C)c(=O)n4C)c1. The summed E-state index contributed by atoms with van der Waals surface area (Å²) in [6, 6.07) is 7.95. The molecule has 168 valence electrons. The quantitative estimate of drug-likeness (QED) is 0.374. The second-order valence-corrected chi connectivity index (χ2v) is 7.92. The van der Waals surface area contributed by atoms with E-state index in [4.69, 9.17) is 9.47 Å². The Kier molecular flexibility index (Phi) is 5.18. The van der Waals surface area contributed by atoms with Gasteiger partial charge in [0.1, 0.15) is 12.4 Å². The summed E-state index contributed by atoms with van der Waals surface area (Å²) in [5, 5.41) is 5.30. The highest BCUT2D eigenvalue weighted by Crippen LogP contribution is 2.31. The molecule has 0 unspecified atom stereocenters. The Hall–Kier alpha value is -3.98. The molecule has 0 saturated heterocycles. The van der Waals surface area contributed by atoms with Crippen molar-refractivity contribution in [3.63, 3.8) is 0 Å². The highest BCUT2D eigenvalue weighted by Gasteiger charge is 2.19. The van der Waals surface area contributed by atoms with Crippen molar-refractivity contribution in [2.75, 3.05) is 20.3 Å². The Morgan fingerprint density at radius 1 is 1.03 bits per heavy atom. The molecule has 4 heterocycles. The zero-order valence-electron chi connectivity index (χ0n) is 18.9. The number of methoxy groups -OCH3 is 1. The minimum atomic E-state index is -0.143. The van der Waals surface area contributed by atoms with E-state index in [0.717, 1.165) is 44.4 Å². The fourth-order valence-electron chi connectivity index (χ4n) is 4.11. The molecule has 4 aromatic heterocycles. The molecular formula is C24H24N6O3. The molecule has 0 N–H and O–H groups in total. The number of imidazole rings is 1. The number of nitrogens with zero attached hydrogens (tertiary/aromatic N) is 6. The van der Waals surface area contributed by atoms with E-state index < -0.39 is 0 Å². The van der Waals surface area contributed by atoms with Crippen LogP contribution in [0.2, 0.25) is 0 Å². The van der Waals surface area contributed by atoms with Crippen molar-refractivity contribution < 1.29 is 9.47 Å². The van der Waals surface area contributed by atoms with Crippen molar-refractivity contribution >= 4 is 21.9 Å². The first-order valence-electron chi connectivity index (χ1n) is 10.6. The van der Waals surface area contributed by atoms with Crippen LogP contribution in [0.3, 0.4) is 0 Å². The Labute approximate surface area is 189 Å². The molecule has 0 fully saturated rings. The van der Waals surface area contributed by atoms with Gasteiger partial charge in [-0.25, -0.2) is 4.79 Å². The van der Waals surface area contributed by atoms with Crippen molar-refractivity contribution in [2.24, 2.45) is 14.1 Å². The Bertz CT molecular complexity index is 1550. The zero-order chi connectivity index (χ0) is 23.1. The van der Waals surface area contributed by atoms with E-state index in [2.05, 4.69) is 15.1 Å². The van der Waals surface area contributed by atoms with E-state index in [1.165, 1.54) is 0 Å². The minimum Gasteiger partial charge on any atom is -0.490 e. The average Bonchev–Trinajstić information content (AvgIpc) is 3.28. The van der Waals surface area contributed by atoms with Gasteiger partial charge in [-0.05, 0) is 30.7 Å². The predicted octanol–water partition coefficient (Wildman–Crippen LogP) is 3.01. The number of hydrogen-bond donors (Lipinski definition) is 0. The summed E-state index contributed by atoms with van der Waals surface area (Å²) >= 11 is 0. The first kappa shape index (κ1) is 20.9. The number of aromatic nitrogens is 6. The molecule has 0 aliphatic heterocycles. The number of benzene rings is 1. The second-order valence-electron chi connectivity index (χ2n) is 7.92. The van der Waals surface area contributed by atoms with Gasteiger partial charge in [0.05, 0.1) is 46.9 Å². The number of aryl methyl sites for hydroxylation is 3. The van der Waals surface area contributed by atoms with Gasteiger partial charge in [-0.15, -0.1) is 0 Å². The van der Waals surface area contributed by atoms with Crippen LogP contribution in [0.5, 0.6) is 5.75 Å². The highest BCUT2D eigenvalue weighted by molar-refractivity contribution is 6.04. The number of hydrogen-bond acceptors (Lipinski definition) is 6. The van der Waals surface area contributed by atoms with Gasteiger partial charge in [0.25, 0.3) is 0 Å². The number of ether oxygens (including phenoxy) is 2. The summed E-state index contributed by atoms with van der Waals surface area (Å²) < 4.78 is 15.8. The second kappa shape index (κ2) is 8.18. The van der Waals surface area contributed by atoms with Crippen LogP contribution in [0, 0.1) is 6.92 Å². The maximum atomic E-state index is 13.2. The van der Waals surface area contributed by atoms with E-state index in [-0.39, 0.29) is 5.69 Å². The zero-order valence-corrected chi connectivity index (χ0v) is 18.9. The Morgan fingerprint density at radius 2 is 1.88 bits per heavy atom. The Balaban J connectivity index is 1.72. The fourth-order valence-corrected chi connectivity index (χ4v) is 4.11. The molecule has 9 nitrogen and oxygen atoms in total. The van der Waals surface area contributed by atoms with E-state index >= 15 is 0 Å².